The highest BCUT2D eigenvalue weighted by Gasteiger charge is 2.26. The maximum absolute atomic E-state index is 12.1. The Morgan fingerprint density at radius 1 is 1.61 bits per heavy atom. The molecular weight excluding hydrogens is 314 g/mol. The van der Waals surface area contributed by atoms with Crippen molar-refractivity contribution in [3.05, 3.63) is 34.0 Å². The van der Waals surface area contributed by atoms with Gasteiger partial charge in [0.1, 0.15) is 11.9 Å². The molecule has 2 N–H and O–H groups in total. The number of thiophene rings is 1. The molecule has 124 valence electrons. The van der Waals surface area contributed by atoms with E-state index in [0.717, 1.165) is 18.8 Å². The molecule has 0 radical (unpaired) electrons. The number of aromatic amines is 1. The molecule has 3 rings (SSSR count). The zero-order valence-corrected chi connectivity index (χ0v) is 13.9. The van der Waals surface area contributed by atoms with Crippen LogP contribution in [0.4, 0.5) is 0 Å². The van der Waals surface area contributed by atoms with Crippen LogP contribution in [0.25, 0.3) is 0 Å². The van der Waals surface area contributed by atoms with E-state index >= 15 is 0 Å². The number of aryl methyl sites for hydroxylation is 1. The van der Waals surface area contributed by atoms with Crippen LogP contribution in [0.2, 0.25) is 0 Å². The third-order valence-corrected chi connectivity index (χ3v) is 4.47. The van der Waals surface area contributed by atoms with Crippen LogP contribution in [0.1, 0.15) is 23.3 Å². The van der Waals surface area contributed by atoms with Gasteiger partial charge in [0.15, 0.2) is 5.82 Å². The molecule has 0 bridgehead atoms. The lowest BCUT2D eigenvalue weighted by Gasteiger charge is -2.30. The monoisotopic (exact) mass is 335 g/mol. The molecule has 1 fully saturated rings. The number of nitrogens with zero attached hydrogens (tertiary/aromatic N) is 3. The molecule has 8 heteroatoms. The van der Waals surface area contributed by atoms with E-state index in [2.05, 4.69) is 42.2 Å². The summed E-state index contributed by atoms with van der Waals surface area (Å²) in [5.41, 5.74) is 1.27. The topological polar surface area (TPSA) is 83.1 Å². The van der Waals surface area contributed by atoms with Crippen LogP contribution in [0.15, 0.2) is 16.8 Å². The largest absolute Gasteiger partial charge is 0.367 e. The average molecular weight is 335 g/mol. The van der Waals surface area contributed by atoms with Crippen LogP contribution >= 0.6 is 11.3 Å². The fourth-order valence-electron chi connectivity index (χ4n) is 2.55. The van der Waals surface area contributed by atoms with E-state index in [1.165, 1.54) is 5.56 Å². The average Bonchev–Trinajstić information content (AvgIpc) is 3.19. The molecule has 0 aromatic carbocycles. The summed E-state index contributed by atoms with van der Waals surface area (Å²) in [7, 11) is 0. The summed E-state index contributed by atoms with van der Waals surface area (Å²) < 4.78 is 5.70. The summed E-state index contributed by atoms with van der Waals surface area (Å²) in [6.07, 6.45) is 0.699. The fraction of sp³-hybridized carbons (Fsp3) is 0.533. The van der Waals surface area contributed by atoms with Gasteiger partial charge in [0.25, 0.3) is 0 Å². The summed E-state index contributed by atoms with van der Waals surface area (Å²) in [4.78, 5) is 18.4. The van der Waals surface area contributed by atoms with E-state index in [-0.39, 0.29) is 12.0 Å². The van der Waals surface area contributed by atoms with E-state index in [1.54, 1.807) is 11.3 Å². The van der Waals surface area contributed by atoms with Gasteiger partial charge in [0.2, 0.25) is 5.91 Å². The standard InChI is InChI=1S/C15H21N5O2S/c1-11-17-15(19-18-11)13-8-20(5-6-22-13)9-14(21)16-4-2-12-3-7-23-10-12/h3,7,10,13H,2,4-6,8-9H2,1H3,(H,16,21)(H,17,18,19)/t13-/m0/s1. The number of morpholine rings is 1. The van der Waals surface area contributed by atoms with Crippen molar-refractivity contribution in [3.63, 3.8) is 0 Å². The predicted octanol–water partition coefficient (Wildman–Crippen LogP) is 0.907. The Morgan fingerprint density at radius 3 is 3.26 bits per heavy atom. The van der Waals surface area contributed by atoms with Crippen molar-refractivity contribution in [2.75, 3.05) is 32.8 Å². The number of carbonyl (C=O) groups excluding carboxylic acids is 1. The van der Waals surface area contributed by atoms with Gasteiger partial charge in [-0.3, -0.25) is 14.8 Å². The molecule has 1 amide bonds. The van der Waals surface area contributed by atoms with Gasteiger partial charge in [-0.1, -0.05) is 0 Å². The summed E-state index contributed by atoms with van der Waals surface area (Å²) in [6.45, 7) is 4.88. The number of hydrogen-bond donors (Lipinski definition) is 2. The Morgan fingerprint density at radius 2 is 2.52 bits per heavy atom. The van der Waals surface area contributed by atoms with Crippen LogP contribution in [0.3, 0.4) is 0 Å². The SMILES string of the molecule is Cc1nc([C@@H]2CN(CC(=O)NCCc3ccsc3)CCO2)n[nH]1. The van der Waals surface area contributed by atoms with Crippen molar-refractivity contribution in [3.8, 4) is 0 Å². The Kier molecular flexibility index (Phi) is 5.37. The molecule has 3 heterocycles. The third-order valence-electron chi connectivity index (χ3n) is 3.74. The summed E-state index contributed by atoms with van der Waals surface area (Å²) in [5.74, 6) is 1.48. The lowest BCUT2D eigenvalue weighted by atomic mass is 10.2. The normalized spacial score (nSPS) is 18.9. The Hall–Kier alpha value is -1.77. The van der Waals surface area contributed by atoms with Crippen LogP contribution in [-0.2, 0) is 16.0 Å². The summed E-state index contributed by atoms with van der Waals surface area (Å²) in [5, 5.41) is 14.1. The first-order chi connectivity index (χ1) is 11.2. The fourth-order valence-corrected chi connectivity index (χ4v) is 3.25. The quantitative estimate of drug-likeness (QED) is 0.820. The third kappa shape index (κ3) is 4.60. The number of hydrogen-bond acceptors (Lipinski definition) is 6. The molecule has 1 saturated heterocycles. The van der Waals surface area contributed by atoms with E-state index in [0.29, 0.717) is 32.1 Å². The smallest absolute Gasteiger partial charge is 0.234 e. The van der Waals surface area contributed by atoms with Crippen molar-refractivity contribution in [1.82, 2.24) is 25.4 Å². The minimum Gasteiger partial charge on any atom is -0.367 e. The molecule has 1 aliphatic heterocycles. The van der Waals surface area contributed by atoms with Crippen molar-refractivity contribution < 1.29 is 9.53 Å². The lowest BCUT2D eigenvalue weighted by molar-refractivity contribution is -0.124. The van der Waals surface area contributed by atoms with Gasteiger partial charge in [0, 0.05) is 19.6 Å². The molecule has 0 saturated carbocycles. The van der Waals surface area contributed by atoms with Gasteiger partial charge >= 0.3 is 0 Å². The number of rotatable bonds is 6. The summed E-state index contributed by atoms with van der Waals surface area (Å²) >= 11 is 1.68. The van der Waals surface area contributed by atoms with Gasteiger partial charge in [-0.15, -0.1) is 0 Å². The van der Waals surface area contributed by atoms with Gasteiger partial charge < -0.3 is 10.1 Å². The van der Waals surface area contributed by atoms with Gasteiger partial charge in [-0.2, -0.15) is 16.4 Å². The molecular formula is C15H21N5O2S. The highest BCUT2D eigenvalue weighted by molar-refractivity contribution is 7.07. The minimum atomic E-state index is -0.174. The van der Waals surface area contributed by atoms with Crippen LogP contribution in [0.5, 0.6) is 0 Å². The van der Waals surface area contributed by atoms with E-state index < -0.39 is 0 Å². The van der Waals surface area contributed by atoms with Gasteiger partial charge in [-0.05, 0) is 35.7 Å². The second-order valence-corrected chi connectivity index (χ2v) is 6.39. The molecule has 0 spiro atoms. The van der Waals surface area contributed by atoms with Gasteiger partial charge in [-0.25, -0.2) is 4.98 Å². The summed E-state index contributed by atoms with van der Waals surface area (Å²) in [6, 6.07) is 2.09. The predicted molar refractivity (Wildman–Crippen MR) is 87.3 cm³/mol. The van der Waals surface area contributed by atoms with E-state index in [1.807, 2.05) is 6.92 Å². The number of amides is 1. The maximum atomic E-state index is 12.1. The number of nitrogens with one attached hydrogen (secondary N) is 2. The van der Waals surface area contributed by atoms with Crippen molar-refractivity contribution >= 4 is 17.2 Å². The highest BCUT2D eigenvalue weighted by Crippen LogP contribution is 2.18. The molecule has 0 unspecified atom stereocenters. The Bertz CT molecular complexity index is 628. The Labute approximate surface area is 139 Å². The second-order valence-electron chi connectivity index (χ2n) is 5.61. The van der Waals surface area contributed by atoms with E-state index in [9.17, 15) is 4.79 Å². The molecule has 1 aliphatic rings. The number of ether oxygens (including phenoxy) is 1. The molecule has 1 atom stereocenters. The second kappa shape index (κ2) is 7.67. The number of aromatic nitrogens is 3. The number of H-pyrrole nitrogens is 1. The highest BCUT2D eigenvalue weighted by atomic mass is 32.1. The zero-order valence-electron chi connectivity index (χ0n) is 13.1. The van der Waals surface area contributed by atoms with Crippen LogP contribution < -0.4 is 5.32 Å². The number of carbonyl (C=O) groups is 1. The molecule has 7 nitrogen and oxygen atoms in total. The zero-order chi connectivity index (χ0) is 16.1. The first-order valence-corrected chi connectivity index (χ1v) is 8.65. The molecule has 23 heavy (non-hydrogen) atoms. The van der Waals surface area contributed by atoms with Crippen LogP contribution in [0, 0.1) is 6.92 Å². The first-order valence-electron chi connectivity index (χ1n) is 7.71. The van der Waals surface area contributed by atoms with Crippen LogP contribution in [-0.4, -0.2) is 58.8 Å². The Balaban J connectivity index is 1.42. The maximum Gasteiger partial charge on any atom is 0.234 e. The van der Waals surface area contributed by atoms with Crippen molar-refractivity contribution in [2.45, 2.75) is 19.4 Å². The van der Waals surface area contributed by atoms with Gasteiger partial charge in [0.05, 0.1) is 13.2 Å². The molecule has 2 aromatic heterocycles. The molecule has 2 aromatic rings. The lowest BCUT2D eigenvalue weighted by Crippen LogP contribution is -2.44. The van der Waals surface area contributed by atoms with Crippen molar-refractivity contribution in [1.29, 1.82) is 0 Å². The van der Waals surface area contributed by atoms with Crippen molar-refractivity contribution in [2.24, 2.45) is 0 Å². The van der Waals surface area contributed by atoms with E-state index in [4.69, 9.17) is 4.74 Å². The first kappa shape index (κ1) is 16.1. The minimum absolute atomic E-state index is 0.0482. The molecule has 0 aliphatic carbocycles.